The Morgan fingerprint density at radius 2 is 1.83 bits per heavy atom. The molecule has 156 valence electrons. The van der Waals surface area contributed by atoms with E-state index in [4.69, 9.17) is 4.74 Å². The SMILES string of the molecule is CS(=O)(=O)c1cc(N2CCOC(c3ccc(C(F)(F)F)cc3)C2)ccc1[N+](=O)[O-]. The molecule has 0 radical (unpaired) electrons. The molecule has 2 aromatic rings. The summed E-state index contributed by atoms with van der Waals surface area (Å²) in [7, 11) is -3.83. The summed E-state index contributed by atoms with van der Waals surface area (Å²) in [6, 6.07) is 8.46. The first-order chi connectivity index (χ1) is 13.5. The summed E-state index contributed by atoms with van der Waals surface area (Å²) in [4.78, 5) is 11.7. The van der Waals surface area contributed by atoms with E-state index in [0.29, 0.717) is 17.8 Å². The second kappa shape index (κ2) is 7.64. The third kappa shape index (κ3) is 4.67. The lowest BCUT2D eigenvalue weighted by molar-refractivity contribution is -0.387. The molecule has 0 aliphatic carbocycles. The Bertz CT molecular complexity index is 1020. The predicted octanol–water partition coefficient (Wildman–Crippen LogP) is 3.60. The highest BCUT2D eigenvalue weighted by atomic mass is 32.2. The van der Waals surface area contributed by atoms with Crippen molar-refractivity contribution in [2.24, 2.45) is 0 Å². The van der Waals surface area contributed by atoms with E-state index in [1.54, 1.807) is 4.90 Å². The first-order valence-corrected chi connectivity index (χ1v) is 10.4. The van der Waals surface area contributed by atoms with Crippen LogP contribution in [0.3, 0.4) is 0 Å². The minimum Gasteiger partial charge on any atom is -0.370 e. The van der Waals surface area contributed by atoms with Crippen molar-refractivity contribution in [2.75, 3.05) is 30.9 Å². The zero-order valence-electron chi connectivity index (χ0n) is 15.2. The number of nitro benzene ring substituents is 1. The molecule has 0 spiro atoms. The van der Waals surface area contributed by atoms with Gasteiger partial charge in [0.25, 0.3) is 5.69 Å². The summed E-state index contributed by atoms with van der Waals surface area (Å²) >= 11 is 0. The van der Waals surface area contributed by atoms with Gasteiger partial charge in [0.05, 0.1) is 17.1 Å². The number of benzene rings is 2. The van der Waals surface area contributed by atoms with Crippen LogP contribution >= 0.6 is 0 Å². The number of hydrogen-bond acceptors (Lipinski definition) is 6. The summed E-state index contributed by atoms with van der Waals surface area (Å²) in [6.45, 7) is 0.918. The number of ether oxygens (including phenoxy) is 1. The van der Waals surface area contributed by atoms with Gasteiger partial charge >= 0.3 is 6.18 Å². The van der Waals surface area contributed by atoms with Gasteiger partial charge in [-0.1, -0.05) is 12.1 Å². The Labute approximate surface area is 164 Å². The summed E-state index contributed by atoms with van der Waals surface area (Å²) < 4.78 is 67.8. The molecule has 1 unspecified atom stereocenters. The molecule has 1 aliphatic heterocycles. The molecule has 0 bridgehead atoms. The number of sulfone groups is 1. The smallest absolute Gasteiger partial charge is 0.370 e. The van der Waals surface area contributed by atoms with Crippen molar-refractivity contribution in [1.82, 2.24) is 0 Å². The number of nitrogens with zero attached hydrogens (tertiary/aromatic N) is 2. The zero-order chi connectivity index (χ0) is 21.4. The van der Waals surface area contributed by atoms with Gasteiger partial charge in [-0.3, -0.25) is 10.1 Å². The lowest BCUT2D eigenvalue weighted by Gasteiger charge is -2.35. The molecule has 11 heteroatoms. The van der Waals surface area contributed by atoms with Crippen molar-refractivity contribution in [1.29, 1.82) is 0 Å². The van der Waals surface area contributed by atoms with E-state index < -0.39 is 43.2 Å². The molecule has 1 fully saturated rings. The van der Waals surface area contributed by atoms with Crippen LogP contribution in [0.25, 0.3) is 0 Å². The minimum absolute atomic E-state index is 0.256. The Morgan fingerprint density at radius 1 is 1.17 bits per heavy atom. The maximum absolute atomic E-state index is 12.7. The topological polar surface area (TPSA) is 89.8 Å². The Hall–Kier alpha value is -2.66. The van der Waals surface area contributed by atoms with Crippen molar-refractivity contribution in [3.05, 3.63) is 63.7 Å². The van der Waals surface area contributed by atoms with Crippen molar-refractivity contribution >= 4 is 21.2 Å². The fraction of sp³-hybridized carbons (Fsp3) is 0.333. The van der Waals surface area contributed by atoms with Crippen molar-refractivity contribution in [3.8, 4) is 0 Å². The van der Waals surface area contributed by atoms with Crippen molar-refractivity contribution < 1.29 is 31.2 Å². The van der Waals surface area contributed by atoms with E-state index in [1.807, 2.05) is 0 Å². The summed E-state index contributed by atoms with van der Waals surface area (Å²) in [6.07, 6.45) is -4.06. The Kier molecular flexibility index (Phi) is 5.54. The summed E-state index contributed by atoms with van der Waals surface area (Å²) in [5.41, 5.74) is -0.268. The highest BCUT2D eigenvalue weighted by molar-refractivity contribution is 7.90. The van der Waals surface area contributed by atoms with Gasteiger partial charge in [0, 0.05) is 31.1 Å². The molecule has 7 nitrogen and oxygen atoms in total. The average molecular weight is 430 g/mol. The van der Waals surface area contributed by atoms with Crippen molar-refractivity contribution in [2.45, 2.75) is 17.2 Å². The molecular weight excluding hydrogens is 413 g/mol. The van der Waals surface area contributed by atoms with Crippen LogP contribution in [-0.4, -0.2) is 39.3 Å². The maximum atomic E-state index is 12.7. The monoisotopic (exact) mass is 430 g/mol. The average Bonchev–Trinajstić information content (AvgIpc) is 2.66. The van der Waals surface area contributed by atoms with Gasteiger partial charge in [-0.2, -0.15) is 13.2 Å². The molecule has 0 saturated carbocycles. The number of hydrogen-bond donors (Lipinski definition) is 0. The Balaban J connectivity index is 1.87. The minimum atomic E-state index is -4.43. The van der Waals surface area contributed by atoms with E-state index in [-0.39, 0.29) is 13.2 Å². The van der Waals surface area contributed by atoms with Crippen molar-refractivity contribution in [3.63, 3.8) is 0 Å². The van der Waals surface area contributed by atoms with E-state index >= 15 is 0 Å². The first-order valence-electron chi connectivity index (χ1n) is 8.49. The molecule has 1 heterocycles. The summed E-state index contributed by atoms with van der Waals surface area (Å²) in [5, 5.41) is 11.1. The molecule has 0 aromatic heterocycles. The van der Waals surface area contributed by atoms with E-state index in [2.05, 4.69) is 0 Å². The van der Waals surface area contributed by atoms with Gasteiger partial charge in [0.2, 0.25) is 0 Å². The fourth-order valence-electron chi connectivity index (χ4n) is 3.12. The van der Waals surface area contributed by atoms with Crippen LogP contribution in [0.4, 0.5) is 24.5 Å². The standard InChI is InChI=1S/C18H17F3N2O5S/c1-29(26,27)17-10-14(6-7-15(17)23(24)25)22-8-9-28-16(11-22)12-2-4-13(5-3-12)18(19,20)21/h2-7,10,16H,8-9,11H2,1H3. The quantitative estimate of drug-likeness (QED) is 0.544. The third-order valence-electron chi connectivity index (χ3n) is 4.58. The lowest BCUT2D eigenvalue weighted by Crippen LogP contribution is -2.38. The van der Waals surface area contributed by atoms with Gasteiger partial charge in [0.15, 0.2) is 9.84 Å². The van der Waals surface area contributed by atoms with E-state index in [1.165, 1.54) is 24.3 Å². The van der Waals surface area contributed by atoms with E-state index in [0.717, 1.165) is 24.5 Å². The number of alkyl halides is 3. The lowest BCUT2D eigenvalue weighted by atomic mass is 10.0. The van der Waals surface area contributed by atoms with Crippen LogP contribution in [0.15, 0.2) is 47.4 Å². The van der Waals surface area contributed by atoms with Crippen LogP contribution < -0.4 is 4.90 Å². The van der Waals surface area contributed by atoms with Crippen LogP contribution in [0, 0.1) is 10.1 Å². The van der Waals surface area contributed by atoms with Crippen LogP contribution in [0.1, 0.15) is 17.2 Å². The highest BCUT2D eigenvalue weighted by Gasteiger charge is 2.31. The molecule has 0 amide bonds. The van der Waals surface area contributed by atoms with E-state index in [9.17, 15) is 31.7 Å². The second-order valence-corrected chi connectivity index (χ2v) is 8.59. The largest absolute Gasteiger partial charge is 0.416 e. The normalized spacial score (nSPS) is 17.9. The van der Waals surface area contributed by atoms with Gasteiger partial charge in [-0.05, 0) is 29.8 Å². The molecule has 1 saturated heterocycles. The molecule has 29 heavy (non-hydrogen) atoms. The molecule has 1 atom stereocenters. The summed E-state index contributed by atoms with van der Waals surface area (Å²) in [5.74, 6) is 0. The third-order valence-corrected chi connectivity index (χ3v) is 5.71. The molecule has 1 aliphatic rings. The molecule has 2 aromatic carbocycles. The van der Waals surface area contributed by atoms with Gasteiger partial charge in [-0.15, -0.1) is 0 Å². The molecule has 0 N–H and O–H groups in total. The highest BCUT2D eigenvalue weighted by Crippen LogP contribution is 2.33. The predicted molar refractivity (Wildman–Crippen MR) is 98.6 cm³/mol. The Morgan fingerprint density at radius 3 is 2.38 bits per heavy atom. The van der Waals surface area contributed by atoms with Crippen LogP contribution in [0.2, 0.25) is 0 Å². The number of rotatable bonds is 4. The second-order valence-electron chi connectivity index (χ2n) is 6.61. The van der Waals surface area contributed by atoms with Crippen LogP contribution in [0.5, 0.6) is 0 Å². The molecule has 3 rings (SSSR count). The maximum Gasteiger partial charge on any atom is 0.416 e. The van der Waals surface area contributed by atoms with Gasteiger partial charge < -0.3 is 9.64 Å². The van der Waals surface area contributed by atoms with Gasteiger partial charge in [0.1, 0.15) is 11.0 Å². The first kappa shape index (κ1) is 21.1. The number of morpholine rings is 1. The fourth-order valence-corrected chi connectivity index (χ4v) is 3.98. The number of anilines is 1. The number of nitro groups is 1. The van der Waals surface area contributed by atoms with Gasteiger partial charge in [-0.25, -0.2) is 8.42 Å². The zero-order valence-corrected chi connectivity index (χ0v) is 16.0. The van der Waals surface area contributed by atoms with Crippen LogP contribution in [-0.2, 0) is 20.8 Å². The molecular formula is C18H17F3N2O5S. The number of halogens is 3.